The normalized spacial score (nSPS) is 15.9. The minimum absolute atomic E-state index is 0.122. The highest BCUT2D eigenvalue weighted by Gasteiger charge is 2.18. The number of anilines is 2. The van der Waals surface area contributed by atoms with E-state index < -0.39 is 0 Å². The minimum Gasteiger partial charge on any atom is -0.436 e. The molecule has 1 N–H and O–H groups in total. The average molecular weight is 460 g/mol. The van der Waals surface area contributed by atoms with Gasteiger partial charge in [0.15, 0.2) is 5.82 Å². The highest BCUT2D eigenvalue weighted by atomic mass is 16.5. The summed E-state index contributed by atoms with van der Waals surface area (Å²) in [5.41, 5.74) is 2.91. The van der Waals surface area contributed by atoms with Crippen LogP contribution in [0, 0.1) is 0 Å². The van der Waals surface area contributed by atoms with Gasteiger partial charge in [-0.25, -0.2) is 9.97 Å². The lowest BCUT2D eigenvalue weighted by Gasteiger charge is -2.28. The molecule has 0 unspecified atom stereocenters. The number of carbonyl (C=O) groups is 1. The van der Waals surface area contributed by atoms with E-state index in [9.17, 15) is 4.79 Å². The van der Waals surface area contributed by atoms with Crippen LogP contribution >= 0.6 is 0 Å². The van der Waals surface area contributed by atoms with Crippen molar-refractivity contribution < 1.29 is 14.3 Å². The molecule has 1 amide bonds. The molecule has 0 saturated carbocycles. The van der Waals surface area contributed by atoms with Gasteiger partial charge in [-0.05, 0) is 54.8 Å². The zero-order valence-corrected chi connectivity index (χ0v) is 19.2. The fourth-order valence-electron chi connectivity index (χ4n) is 4.25. The third kappa shape index (κ3) is 5.28. The zero-order valence-electron chi connectivity index (χ0n) is 19.2. The van der Waals surface area contributed by atoms with E-state index in [4.69, 9.17) is 9.47 Å². The van der Waals surface area contributed by atoms with Crippen LogP contribution in [0.25, 0.3) is 0 Å². The van der Waals surface area contributed by atoms with Crippen LogP contribution in [0.2, 0.25) is 0 Å². The molecule has 1 aromatic heterocycles. The van der Waals surface area contributed by atoms with Gasteiger partial charge in [0.2, 0.25) is 0 Å². The zero-order chi connectivity index (χ0) is 23.2. The smallest absolute Gasteiger partial charge is 0.263 e. The Labute approximate surface area is 199 Å². The quantitative estimate of drug-likeness (QED) is 0.578. The van der Waals surface area contributed by atoms with Gasteiger partial charge >= 0.3 is 0 Å². The molecule has 5 rings (SSSR count). The number of amides is 1. The number of ether oxygens (including phenoxy) is 2. The Hall–Kier alpha value is -3.65. The summed E-state index contributed by atoms with van der Waals surface area (Å²) in [6, 6.07) is 15.5. The van der Waals surface area contributed by atoms with Crippen molar-refractivity contribution in [2.24, 2.45) is 0 Å². The number of nitrogens with one attached hydrogen (secondary N) is 1. The van der Waals surface area contributed by atoms with Gasteiger partial charge in [0, 0.05) is 56.4 Å². The van der Waals surface area contributed by atoms with Crippen LogP contribution in [0.1, 0.15) is 28.8 Å². The van der Waals surface area contributed by atoms with Crippen LogP contribution < -0.4 is 19.9 Å². The van der Waals surface area contributed by atoms with Crippen molar-refractivity contribution in [2.75, 3.05) is 49.2 Å². The first-order valence-electron chi connectivity index (χ1n) is 11.8. The maximum Gasteiger partial charge on any atom is 0.263 e. The summed E-state index contributed by atoms with van der Waals surface area (Å²) < 4.78 is 11.4. The van der Waals surface area contributed by atoms with Gasteiger partial charge < -0.3 is 24.6 Å². The lowest BCUT2D eigenvalue weighted by molar-refractivity contribution is 0.0951. The van der Waals surface area contributed by atoms with E-state index in [0.29, 0.717) is 42.8 Å². The van der Waals surface area contributed by atoms with Gasteiger partial charge in [-0.15, -0.1) is 0 Å². The lowest BCUT2D eigenvalue weighted by Crippen LogP contribution is -2.37. The molecule has 8 heteroatoms. The summed E-state index contributed by atoms with van der Waals surface area (Å²) in [5.74, 6) is 1.62. The van der Waals surface area contributed by atoms with Gasteiger partial charge in [0.25, 0.3) is 11.8 Å². The third-order valence-electron chi connectivity index (χ3n) is 6.15. The summed E-state index contributed by atoms with van der Waals surface area (Å²) in [4.78, 5) is 25.9. The summed E-state index contributed by atoms with van der Waals surface area (Å²) in [7, 11) is 0. The molecule has 0 atom stereocenters. The Kier molecular flexibility index (Phi) is 6.86. The number of aromatic nitrogens is 2. The molecule has 8 nitrogen and oxygen atoms in total. The molecule has 0 spiro atoms. The summed E-state index contributed by atoms with van der Waals surface area (Å²) >= 11 is 0. The molecule has 0 aliphatic carbocycles. The molecule has 34 heavy (non-hydrogen) atoms. The first-order valence-corrected chi connectivity index (χ1v) is 11.8. The topological polar surface area (TPSA) is 79.8 Å². The molecule has 0 radical (unpaired) electrons. The average Bonchev–Trinajstić information content (AvgIpc) is 3.44. The molecule has 2 fully saturated rings. The van der Waals surface area contributed by atoms with Crippen molar-refractivity contribution in [3.8, 4) is 11.6 Å². The minimum atomic E-state index is -0.122. The van der Waals surface area contributed by atoms with Crippen LogP contribution in [-0.4, -0.2) is 55.3 Å². The Balaban J connectivity index is 1.17. The van der Waals surface area contributed by atoms with Crippen molar-refractivity contribution in [2.45, 2.75) is 19.4 Å². The van der Waals surface area contributed by atoms with Crippen molar-refractivity contribution >= 4 is 17.4 Å². The highest BCUT2D eigenvalue weighted by Crippen LogP contribution is 2.28. The molecular weight excluding hydrogens is 430 g/mol. The third-order valence-corrected chi connectivity index (χ3v) is 6.15. The first-order chi connectivity index (χ1) is 16.8. The van der Waals surface area contributed by atoms with E-state index in [1.807, 2.05) is 0 Å². The monoisotopic (exact) mass is 459 g/mol. The van der Waals surface area contributed by atoms with Crippen LogP contribution in [0.15, 0.2) is 60.9 Å². The molecular formula is C26H29N5O3. The number of benzene rings is 2. The summed E-state index contributed by atoms with van der Waals surface area (Å²) in [5, 5.41) is 2.99. The second-order valence-corrected chi connectivity index (χ2v) is 8.45. The SMILES string of the molecule is O=C(NCc1ccc(N2CCCC2)cc1)c1ccc(Oc2nccnc2N2CCOCC2)cc1. The van der Waals surface area contributed by atoms with Gasteiger partial charge in [-0.1, -0.05) is 12.1 Å². The molecule has 2 aliphatic rings. The van der Waals surface area contributed by atoms with E-state index in [1.54, 1.807) is 36.7 Å². The van der Waals surface area contributed by atoms with Gasteiger partial charge in [-0.3, -0.25) is 4.79 Å². The molecule has 0 bridgehead atoms. The molecule has 3 aromatic rings. The van der Waals surface area contributed by atoms with Gasteiger partial charge in [0.05, 0.1) is 13.2 Å². The highest BCUT2D eigenvalue weighted by molar-refractivity contribution is 5.94. The summed E-state index contributed by atoms with van der Waals surface area (Å²) in [6.07, 6.45) is 5.79. The second kappa shape index (κ2) is 10.5. The van der Waals surface area contributed by atoms with Crippen LogP contribution in [0.3, 0.4) is 0 Å². The first kappa shape index (κ1) is 22.2. The maximum absolute atomic E-state index is 12.6. The molecule has 3 heterocycles. The number of carbonyl (C=O) groups excluding carboxylic acids is 1. The fourth-order valence-corrected chi connectivity index (χ4v) is 4.25. The van der Waals surface area contributed by atoms with Crippen molar-refractivity contribution in [1.29, 1.82) is 0 Å². The number of nitrogens with zero attached hydrogens (tertiary/aromatic N) is 4. The predicted octanol–water partition coefficient (Wildman–Crippen LogP) is 3.64. The van der Waals surface area contributed by atoms with E-state index in [-0.39, 0.29) is 5.91 Å². The van der Waals surface area contributed by atoms with E-state index in [2.05, 4.69) is 49.4 Å². The summed E-state index contributed by atoms with van der Waals surface area (Å²) in [6.45, 7) is 5.54. The van der Waals surface area contributed by atoms with E-state index in [0.717, 1.165) is 31.7 Å². The second-order valence-electron chi connectivity index (χ2n) is 8.45. The van der Waals surface area contributed by atoms with Crippen LogP contribution in [0.4, 0.5) is 11.5 Å². The van der Waals surface area contributed by atoms with Crippen LogP contribution in [-0.2, 0) is 11.3 Å². The Bertz CT molecular complexity index is 1090. The Morgan fingerprint density at radius 3 is 2.32 bits per heavy atom. The van der Waals surface area contributed by atoms with Gasteiger partial charge in [0.1, 0.15) is 5.75 Å². The number of rotatable bonds is 7. The Morgan fingerprint density at radius 1 is 0.882 bits per heavy atom. The molecule has 2 aromatic carbocycles. The molecule has 2 saturated heterocycles. The van der Waals surface area contributed by atoms with Crippen LogP contribution in [0.5, 0.6) is 11.6 Å². The molecule has 2 aliphatic heterocycles. The Morgan fingerprint density at radius 2 is 1.59 bits per heavy atom. The molecule has 176 valence electrons. The van der Waals surface area contributed by atoms with E-state index >= 15 is 0 Å². The van der Waals surface area contributed by atoms with Crippen molar-refractivity contribution in [3.05, 3.63) is 72.1 Å². The predicted molar refractivity (Wildman–Crippen MR) is 131 cm³/mol. The lowest BCUT2D eigenvalue weighted by atomic mass is 10.1. The van der Waals surface area contributed by atoms with Crippen molar-refractivity contribution in [3.63, 3.8) is 0 Å². The standard InChI is InChI=1S/C26H29N5O3/c32-25(29-19-20-3-7-22(8-4-20)30-13-1-2-14-30)21-5-9-23(10-6-21)34-26-24(27-11-12-28-26)31-15-17-33-18-16-31/h3-12H,1-2,13-19H2,(H,29,32). The van der Waals surface area contributed by atoms with E-state index in [1.165, 1.54) is 18.5 Å². The number of morpholine rings is 1. The largest absolute Gasteiger partial charge is 0.436 e. The number of hydrogen-bond donors (Lipinski definition) is 1. The maximum atomic E-state index is 12.6. The van der Waals surface area contributed by atoms with Crippen molar-refractivity contribution in [1.82, 2.24) is 15.3 Å². The fraction of sp³-hybridized carbons (Fsp3) is 0.346. The number of hydrogen-bond acceptors (Lipinski definition) is 7. The van der Waals surface area contributed by atoms with Gasteiger partial charge in [-0.2, -0.15) is 0 Å².